The predicted molar refractivity (Wildman–Crippen MR) is 172 cm³/mol. The molecule has 2 aromatic heterocycles. The van der Waals surface area contributed by atoms with Crippen LogP contribution in [0.15, 0.2) is 73.2 Å². The molecule has 0 unspecified atom stereocenters. The van der Waals surface area contributed by atoms with Crippen molar-refractivity contribution in [3.63, 3.8) is 0 Å². The van der Waals surface area contributed by atoms with Crippen LogP contribution in [0.2, 0.25) is 0 Å². The molecule has 3 N–H and O–H groups in total. The highest BCUT2D eigenvalue weighted by Crippen LogP contribution is 2.22. The fraction of sp³-hybridized carbons (Fsp3) is 0.333. The molecule has 3 heterocycles. The smallest absolute Gasteiger partial charge is 0.303 e. The Morgan fingerprint density at radius 2 is 1.52 bits per heavy atom. The third-order valence-corrected chi connectivity index (χ3v) is 7.41. The molecule has 5 rings (SSSR count). The number of amides is 2. The van der Waals surface area contributed by atoms with E-state index in [9.17, 15) is 19.2 Å². The van der Waals surface area contributed by atoms with Crippen LogP contribution >= 0.6 is 0 Å². The van der Waals surface area contributed by atoms with E-state index in [1.807, 2.05) is 77.4 Å². The molecule has 0 radical (unpaired) electrons. The van der Waals surface area contributed by atoms with Gasteiger partial charge < -0.3 is 20.0 Å². The number of benzene rings is 2. The average Bonchev–Trinajstić information content (AvgIpc) is 3.67. The quantitative estimate of drug-likeness (QED) is 0.225. The minimum Gasteiger partial charge on any atom is -0.481 e. The topological polar surface area (TPSA) is 163 Å². The lowest BCUT2D eigenvalue weighted by atomic mass is 10.1. The number of aryl methyl sites for hydroxylation is 2. The van der Waals surface area contributed by atoms with Gasteiger partial charge in [0.25, 0.3) is 5.91 Å². The van der Waals surface area contributed by atoms with Crippen LogP contribution in [0.3, 0.4) is 0 Å². The van der Waals surface area contributed by atoms with E-state index in [-0.39, 0.29) is 24.7 Å². The standard InChI is InChI=1S/C29H33N7O2.C4H6O4/c1-33-14-16-35(17-15-33)27(37)13-7-10-25-21-36(26-11-4-3-5-12-26)29(31-25)32-28(38)23-9-6-8-22(18-23)24-19-30-34(2)20-24;5-3(6)1-2-4(7)8/h3-6,8-9,11-12,18-21H,7,10,13-17H2,1-2H3,(H,31,32,38);1-2H2,(H,5,6)(H,7,8). The number of carboxylic acid groups (broad SMARTS) is 2. The number of piperazine rings is 1. The van der Waals surface area contributed by atoms with Gasteiger partial charge in [0.1, 0.15) is 0 Å². The van der Waals surface area contributed by atoms with Gasteiger partial charge in [0.2, 0.25) is 11.9 Å². The minimum atomic E-state index is -1.08. The summed E-state index contributed by atoms with van der Waals surface area (Å²) in [5, 5.41) is 23.0. The van der Waals surface area contributed by atoms with Gasteiger partial charge in [-0.2, -0.15) is 5.10 Å². The van der Waals surface area contributed by atoms with Crippen molar-refractivity contribution >= 4 is 29.7 Å². The van der Waals surface area contributed by atoms with E-state index >= 15 is 0 Å². The zero-order chi connectivity index (χ0) is 33.1. The summed E-state index contributed by atoms with van der Waals surface area (Å²) in [5.41, 5.74) is 4.14. The summed E-state index contributed by atoms with van der Waals surface area (Å²) in [7, 11) is 3.95. The molecule has 0 aliphatic carbocycles. The first-order valence-corrected chi connectivity index (χ1v) is 15.0. The van der Waals surface area contributed by atoms with E-state index in [1.54, 1.807) is 16.9 Å². The highest BCUT2D eigenvalue weighted by molar-refractivity contribution is 6.04. The largest absolute Gasteiger partial charge is 0.481 e. The highest BCUT2D eigenvalue weighted by atomic mass is 16.4. The number of aromatic nitrogens is 4. The van der Waals surface area contributed by atoms with Crippen molar-refractivity contribution in [3.8, 4) is 16.8 Å². The second-order valence-corrected chi connectivity index (χ2v) is 11.0. The lowest BCUT2D eigenvalue weighted by Gasteiger charge is -2.32. The molecule has 0 saturated carbocycles. The number of hydrogen-bond donors (Lipinski definition) is 3. The van der Waals surface area contributed by atoms with Crippen LogP contribution in [0, 0.1) is 0 Å². The van der Waals surface area contributed by atoms with E-state index in [0.29, 0.717) is 30.8 Å². The number of hydrogen-bond acceptors (Lipinski definition) is 7. The maximum absolute atomic E-state index is 13.3. The molecule has 2 aromatic carbocycles. The van der Waals surface area contributed by atoms with Crippen molar-refractivity contribution in [1.29, 1.82) is 0 Å². The third-order valence-electron chi connectivity index (χ3n) is 7.41. The molecule has 1 saturated heterocycles. The summed E-state index contributed by atoms with van der Waals surface area (Å²) in [5.74, 6) is -1.74. The van der Waals surface area contributed by atoms with Crippen molar-refractivity contribution in [2.24, 2.45) is 7.05 Å². The number of para-hydroxylation sites is 1. The Balaban J connectivity index is 0.000000533. The molecule has 2 amide bonds. The number of rotatable bonds is 11. The summed E-state index contributed by atoms with van der Waals surface area (Å²) in [6, 6.07) is 17.3. The molecule has 1 fully saturated rings. The number of carbonyl (C=O) groups is 4. The summed E-state index contributed by atoms with van der Waals surface area (Å²) in [6.07, 6.45) is 6.89. The first kappa shape index (κ1) is 33.6. The lowest BCUT2D eigenvalue weighted by Crippen LogP contribution is -2.47. The molecule has 1 aliphatic heterocycles. The van der Waals surface area contributed by atoms with E-state index in [2.05, 4.69) is 22.4 Å². The van der Waals surface area contributed by atoms with Gasteiger partial charge in [-0.15, -0.1) is 0 Å². The number of nitrogens with one attached hydrogen (secondary N) is 1. The Bertz CT molecular complexity index is 1630. The Hall–Kier alpha value is -5.30. The fourth-order valence-corrected chi connectivity index (χ4v) is 4.86. The van der Waals surface area contributed by atoms with E-state index < -0.39 is 11.9 Å². The third kappa shape index (κ3) is 9.86. The van der Waals surface area contributed by atoms with Crippen LogP contribution in [0.25, 0.3) is 16.8 Å². The predicted octanol–water partition coefficient (Wildman–Crippen LogP) is 3.56. The van der Waals surface area contributed by atoms with Gasteiger partial charge in [-0.1, -0.05) is 30.3 Å². The van der Waals surface area contributed by atoms with Gasteiger partial charge in [0.05, 0.1) is 24.7 Å². The fourth-order valence-electron chi connectivity index (χ4n) is 4.86. The van der Waals surface area contributed by atoms with Crippen molar-refractivity contribution < 1.29 is 29.4 Å². The number of imidazole rings is 1. The molecule has 242 valence electrons. The van der Waals surface area contributed by atoms with Crippen LogP contribution in [0.1, 0.15) is 41.7 Å². The van der Waals surface area contributed by atoms with Gasteiger partial charge in [0.15, 0.2) is 0 Å². The second-order valence-electron chi connectivity index (χ2n) is 11.0. The number of carbonyl (C=O) groups excluding carboxylic acids is 2. The van der Waals surface area contributed by atoms with Gasteiger partial charge in [-0.3, -0.25) is 33.7 Å². The van der Waals surface area contributed by atoms with Crippen molar-refractivity contribution in [1.82, 2.24) is 29.1 Å². The number of nitrogens with zero attached hydrogens (tertiary/aromatic N) is 6. The summed E-state index contributed by atoms with van der Waals surface area (Å²) in [4.78, 5) is 54.1. The monoisotopic (exact) mass is 629 g/mol. The maximum Gasteiger partial charge on any atom is 0.303 e. The van der Waals surface area contributed by atoms with Crippen molar-refractivity contribution in [2.45, 2.75) is 32.1 Å². The Kier molecular flexibility index (Phi) is 11.8. The van der Waals surface area contributed by atoms with Crippen LogP contribution in [0.4, 0.5) is 5.95 Å². The Morgan fingerprint density at radius 3 is 2.15 bits per heavy atom. The SMILES string of the molecule is CN1CCN(C(=O)CCCc2cn(-c3ccccc3)c(NC(=O)c3cccc(-c4cnn(C)c4)c3)n2)CC1.O=C(O)CCC(=O)O. The number of carboxylic acids is 2. The van der Waals surface area contributed by atoms with Gasteiger partial charge >= 0.3 is 11.9 Å². The minimum absolute atomic E-state index is 0.197. The lowest BCUT2D eigenvalue weighted by molar-refractivity contribution is -0.143. The van der Waals surface area contributed by atoms with E-state index in [4.69, 9.17) is 15.2 Å². The molecule has 0 spiro atoms. The molecule has 0 bridgehead atoms. The summed E-state index contributed by atoms with van der Waals surface area (Å²) < 4.78 is 3.62. The van der Waals surface area contributed by atoms with Gasteiger partial charge in [-0.25, -0.2) is 4.98 Å². The number of anilines is 1. The van der Waals surface area contributed by atoms with E-state index in [0.717, 1.165) is 48.7 Å². The highest BCUT2D eigenvalue weighted by Gasteiger charge is 2.19. The zero-order valence-electron chi connectivity index (χ0n) is 26.0. The first-order valence-electron chi connectivity index (χ1n) is 15.0. The van der Waals surface area contributed by atoms with Crippen LogP contribution in [-0.4, -0.2) is 96.3 Å². The molecule has 13 heteroatoms. The molecule has 13 nitrogen and oxygen atoms in total. The maximum atomic E-state index is 13.3. The molecular weight excluding hydrogens is 590 g/mol. The molecular formula is C33H39N7O6. The van der Waals surface area contributed by atoms with Gasteiger partial charge in [-0.05, 0) is 49.7 Å². The number of aliphatic carboxylic acids is 2. The van der Waals surface area contributed by atoms with E-state index in [1.165, 1.54) is 0 Å². The summed E-state index contributed by atoms with van der Waals surface area (Å²) in [6.45, 7) is 3.41. The molecule has 0 atom stereocenters. The Labute approximate surface area is 267 Å². The molecule has 1 aliphatic rings. The van der Waals surface area contributed by atoms with Crippen LogP contribution in [0.5, 0.6) is 0 Å². The van der Waals surface area contributed by atoms with Gasteiger partial charge in [0, 0.05) is 68.9 Å². The zero-order valence-corrected chi connectivity index (χ0v) is 26.0. The van der Waals surface area contributed by atoms with Crippen LogP contribution in [-0.2, 0) is 27.9 Å². The molecule has 46 heavy (non-hydrogen) atoms. The normalized spacial score (nSPS) is 13.0. The van der Waals surface area contributed by atoms with Crippen molar-refractivity contribution in [2.75, 3.05) is 38.5 Å². The second kappa shape index (κ2) is 16.1. The van der Waals surface area contributed by atoms with Crippen molar-refractivity contribution in [3.05, 3.63) is 84.4 Å². The Morgan fingerprint density at radius 1 is 0.826 bits per heavy atom. The first-order chi connectivity index (χ1) is 22.1. The van der Waals surface area contributed by atoms with Crippen LogP contribution < -0.4 is 5.32 Å². The number of likely N-dealkylation sites (N-methyl/N-ethyl adjacent to an activating group) is 1. The summed E-state index contributed by atoms with van der Waals surface area (Å²) >= 11 is 0. The average molecular weight is 630 g/mol. The molecule has 4 aromatic rings.